The van der Waals surface area contributed by atoms with Crippen molar-refractivity contribution in [2.75, 3.05) is 13.2 Å². The number of carboxylic acid groups (broad SMARTS) is 1. The molecule has 0 aromatic rings. The van der Waals surface area contributed by atoms with Crippen molar-refractivity contribution in [3.05, 3.63) is 0 Å². The zero-order valence-electron chi connectivity index (χ0n) is 17.5. The molecule has 0 heterocycles. The van der Waals surface area contributed by atoms with Gasteiger partial charge in [0.1, 0.15) is 0 Å². The molecule has 2 fully saturated rings. The maximum atomic E-state index is 12.6. The molecular weight excluding hydrogens is 380 g/mol. The summed E-state index contributed by atoms with van der Waals surface area (Å²) in [6.07, 6.45) is 2.69. The topological polar surface area (TPSA) is 145 Å². The first-order chi connectivity index (χ1) is 13.4. The number of aliphatic carboxylic acids is 1. The number of hydrogen-bond donors (Lipinski definition) is 3. The minimum absolute atomic E-state index is 0.00900. The Morgan fingerprint density at radius 3 is 2.31 bits per heavy atom. The summed E-state index contributed by atoms with van der Waals surface area (Å²) >= 11 is 0. The van der Waals surface area contributed by atoms with Gasteiger partial charge in [0.05, 0.1) is 25.7 Å². The fraction of sp³-hybridized carbons (Fsp3) is 0.800. The molecule has 0 saturated heterocycles. The van der Waals surface area contributed by atoms with Crippen LogP contribution in [-0.2, 0) is 28.7 Å². The molecule has 2 aliphatic carbocycles. The summed E-state index contributed by atoms with van der Waals surface area (Å²) in [7, 11) is 0. The Labute approximate surface area is 170 Å². The SMILES string of the molecule is CCOC(=O)C(NC(=O)[C@@H](N)CC(=O)O)C(=O)OCC1C2(C)CCC(C2)C1(C)C. The summed E-state index contributed by atoms with van der Waals surface area (Å²) in [5.74, 6) is -3.38. The summed E-state index contributed by atoms with van der Waals surface area (Å²) < 4.78 is 10.3. The van der Waals surface area contributed by atoms with Gasteiger partial charge in [0.15, 0.2) is 0 Å². The van der Waals surface area contributed by atoms with Gasteiger partial charge >= 0.3 is 17.9 Å². The molecule has 0 radical (unpaired) electrons. The van der Waals surface area contributed by atoms with Crippen LogP contribution in [0, 0.1) is 22.7 Å². The number of esters is 2. The highest BCUT2D eigenvalue weighted by atomic mass is 16.6. The van der Waals surface area contributed by atoms with E-state index in [2.05, 4.69) is 26.1 Å². The molecule has 5 atom stereocenters. The second kappa shape index (κ2) is 8.69. The summed E-state index contributed by atoms with van der Waals surface area (Å²) in [6.45, 7) is 8.28. The van der Waals surface area contributed by atoms with Crippen LogP contribution in [0.1, 0.15) is 53.4 Å². The zero-order valence-corrected chi connectivity index (χ0v) is 17.5. The fourth-order valence-corrected chi connectivity index (χ4v) is 5.04. The first kappa shape index (κ1) is 23.1. The Morgan fingerprint density at radius 1 is 1.17 bits per heavy atom. The molecule has 4 N–H and O–H groups in total. The second-order valence-corrected chi connectivity index (χ2v) is 9.00. The van der Waals surface area contributed by atoms with Crippen LogP contribution in [-0.4, -0.2) is 54.2 Å². The number of hydrogen-bond acceptors (Lipinski definition) is 7. The summed E-state index contributed by atoms with van der Waals surface area (Å²) in [5, 5.41) is 10.9. The van der Waals surface area contributed by atoms with Crippen LogP contribution >= 0.6 is 0 Å². The monoisotopic (exact) mass is 412 g/mol. The molecule has 29 heavy (non-hydrogen) atoms. The fourth-order valence-electron chi connectivity index (χ4n) is 5.04. The largest absolute Gasteiger partial charge is 0.481 e. The minimum Gasteiger partial charge on any atom is -0.481 e. The molecule has 0 aliphatic heterocycles. The number of carbonyl (C=O) groups excluding carboxylic acids is 3. The van der Waals surface area contributed by atoms with Gasteiger partial charge in [-0.1, -0.05) is 20.8 Å². The van der Waals surface area contributed by atoms with Crippen LogP contribution in [0.2, 0.25) is 0 Å². The third-order valence-corrected chi connectivity index (χ3v) is 6.74. The van der Waals surface area contributed by atoms with Crippen molar-refractivity contribution in [1.29, 1.82) is 0 Å². The van der Waals surface area contributed by atoms with Crippen molar-refractivity contribution >= 4 is 23.8 Å². The normalized spacial score (nSPS) is 29.0. The van der Waals surface area contributed by atoms with Crippen molar-refractivity contribution < 1.29 is 33.8 Å². The van der Waals surface area contributed by atoms with E-state index >= 15 is 0 Å². The Balaban J connectivity index is 2.05. The number of amides is 1. The lowest BCUT2D eigenvalue weighted by atomic mass is 9.64. The highest BCUT2D eigenvalue weighted by Crippen LogP contribution is 2.65. The van der Waals surface area contributed by atoms with E-state index in [0.29, 0.717) is 5.92 Å². The van der Waals surface area contributed by atoms with Gasteiger partial charge in [-0.3, -0.25) is 9.59 Å². The first-order valence-corrected chi connectivity index (χ1v) is 10.0. The van der Waals surface area contributed by atoms with E-state index in [0.717, 1.165) is 19.3 Å². The van der Waals surface area contributed by atoms with Crippen LogP contribution in [0.3, 0.4) is 0 Å². The number of rotatable bonds is 9. The lowest BCUT2D eigenvalue weighted by Gasteiger charge is -2.42. The Morgan fingerprint density at radius 2 is 1.79 bits per heavy atom. The van der Waals surface area contributed by atoms with Gasteiger partial charge in [-0.25, -0.2) is 9.59 Å². The highest BCUT2D eigenvalue weighted by molar-refractivity contribution is 6.03. The van der Waals surface area contributed by atoms with Crippen molar-refractivity contribution in [2.24, 2.45) is 28.4 Å². The molecule has 0 aromatic carbocycles. The number of ether oxygens (including phenoxy) is 2. The van der Waals surface area contributed by atoms with Crippen molar-refractivity contribution in [3.63, 3.8) is 0 Å². The van der Waals surface area contributed by atoms with E-state index < -0.39 is 42.3 Å². The van der Waals surface area contributed by atoms with Gasteiger partial charge in [-0.2, -0.15) is 0 Å². The predicted octanol–water partition coefficient (Wildman–Crippen LogP) is 0.842. The van der Waals surface area contributed by atoms with Crippen molar-refractivity contribution in [1.82, 2.24) is 5.32 Å². The molecule has 0 spiro atoms. The molecule has 2 bridgehead atoms. The average Bonchev–Trinajstić information content (AvgIpc) is 3.09. The van der Waals surface area contributed by atoms with Crippen LogP contribution in [0.15, 0.2) is 0 Å². The number of carbonyl (C=O) groups is 4. The van der Waals surface area contributed by atoms with Gasteiger partial charge in [0, 0.05) is 5.92 Å². The maximum absolute atomic E-state index is 12.6. The molecule has 4 unspecified atom stereocenters. The van der Waals surface area contributed by atoms with Gasteiger partial charge in [-0.05, 0) is 42.9 Å². The van der Waals surface area contributed by atoms with E-state index in [4.69, 9.17) is 20.3 Å². The third kappa shape index (κ3) is 4.88. The Hall–Kier alpha value is -2.16. The van der Waals surface area contributed by atoms with Crippen molar-refractivity contribution in [3.8, 4) is 0 Å². The number of nitrogens with two attached hydrogens (primary N) is 1. The van der Waals surface area contributed by atoms with Gasteiger partial charge in [0.2, 0.25) is 11.9 Å². The van der Waals surface area contributed by atoms with E-state index in [9.17, 15) is 19.2 Å². The summed E-state index contributed by atoms with van der Waals surface area (Å²) in [6, 6.07) is -3.09. The Kier molecular flexibility index (Phi) is 6.93. The molecule has 2 rings (SSSR count). The molecule has 9 nitrogen and oxygen atoms in total. The molecule has 1 amide bonds. The molecule has 2 aliphatic rings. The van der Waals surface area contributed by atoms with Crippen LogP contribution < -0.4 is 11.1 Å². The van der Waals surface area contributed by atoms with Crippen LogP contribution in [0.4, 0.5) is 0 Å². The smallest absolute Gasteiger partial charge is 0.340 e. The molecule has 0 aromatic heterocycles. The molecule has 164 valence electrons. The van der Waals surface area contributed by atoms with E-state index in [1.807, 2.05) is 0 Å². The minimum atomic E-state index is -1.68. The maximum Gasteiger partial charge on any atom is 0.340 e. The zero-order chi connectivity index (χ0) is 22.0. The van der Waals surface area contributed by atoms with Crippen LogP contribution in [0.25, 0.3) is 0 Å². The predicted molar refractivity (Wildman–Crippen MR) is 102 cm³/mol. The van der Waals surface area contributed by atoms with Crippen molar-refractivity contribution in [2.45, 2.75) is 65.5 Å². The quantitative estimate of drug-likeness (QED) is 0.373. The van der Waals surface area contributed by atoms with Gasteiger partial charge in [-0.15, -0.1) is 0 Å². The third-order valence-electron chi connectivity index (χ3n) is 6.74. The number of nitrogens with one attached hydrogen (secondary N) is 1. The first-order valence-electron chi connectivity index (χ1n) is 10.0. The van der Waals surface area contributed by atoms with E-state index in [-0.39, 0.29) is 30.0 Å². The Bertz CT molecular complexity index is 673. The lowest BCUT2D eigenvalue weighted by Crippen LogP contribution is -2.53. The van der Waals surface area contributed by atoms with E-state index in [1.54, 1.807) is 6.92 Å². The van der Waals surface area contributed by atoms with Gasteiger partial charge in [0.25, 0.3) is 0 Å². The van der Waals surface area contributed by atoms with Gasteiger partial charge < -0.3 is 25.6 Å². The average molecular weight is 412 g/mol. The second-order valence-electron chi connectivity index (χ2n) is 9.00. The van der Waals surface area contributed by atoms with Crippen LogP contribution in [0.5, 0.6) is 0 Å². The summed E-state index contributed by atoms with van der Waals surface area (Å²) in [5.41, 5.74) is 5.61. The summed E-state index contributed by atoms with van der Waals surface area (Å²) in [4.78, 5) is 47.6. The molecular formula is C20H32N2O7. The highest BCUT2D eigenvalue weighted by Gasteiger charge is 2.59. The van der Waals surface area contributed by atoms with E-state index in [1.165, 1.54) is 0 Å². The molecule has 2 saturated carbocycles. The molecule has 9 heteroatoms. The number of carboxylic acids is 1. The standard InChI is InChI=1S/C20H32N2O7/c1-5-28-17(26)15(22-16(25)12(21)8-14(23)24)18(27)29-10-13-19(2,3)11-6-7-20(13,4)9-11/h11-13,15H,5-10,21H2,1-4H3,(H,22,25)(H,23,24)/t11?,12-,13?,15?,20?/m0/s1. The lowest BCUT2D eigenvalue weighted by molar-refractivity contribution is -0.162. The number of fused-ring (bicyclic) bond motifs is 2.